The Morgan fingerprint density at radius 1 is 1.46 bits per heavy atom. The number of aliphatic imine (C=N–C) groups is 1. The maximum Gasteiger partial charge on any atom is 0.213 e. The summed E-state index contributed by atoms with van der Waals surface area (Å²) in [6.45, 7) is 0.559. The number of nitrogens with one attached hydrogen (secondary N) is 1. The van der Waals surface area contributed by atoms with E-state index in [0.717, 1.165) is 5.56 Å². The average molecular weight is 179 g/mol. The summed E-state index contributed by atoms with van der Waals surface area (Å²) >= 11 is 0. The lowest BCUT2D eigenvalue weighted by molar-refractivity contribution is 0.143. The Bertz CT molecular complexity index is 271. The van der Waals surface area contributed by atoms with E-state index in [9.17, 15) is 0 Å². The van der Waals surface area contributed by atoms with Gasteiger partial charge in [-0.15, -0.1) is 0 Å². The summed E-state index contributed by atoms with van der Waals surface area (Å²) in [5.41, 5.74) is 9.00. The van der Waals surface area contributed by atoms with Gasteiger partial charge < -0.3 is 5.73 Å². The van der Waals surface area contributed by atoms with Crippen molar-refractivity contribution < 1.29 is 4.84 Å². The largest absolute Gasteiger partial charge is 0.368 e. The minimum atomic E-state index is 0.284. The SMILES string of the molecule is CONC(N)=NCc1ccccc1. The standard InChI is InChI=1S/C9H13N3O/c1-13-12-9(10)11-7-8-5-3-2-4-6-8/h2-6H,7H2,1H3,(H3,10,11,12). The number of nitrogens with zero attached hydrogens (tertiary/aromatic N) is 1. The van der Waals surface area contributed by atoms with Crippen LogP contribution in [0.2, 0.25) is 0 Å². The fourth-order valence-corrected chi connectivity index (χ4v) is 0.897. The van der Waals surface area contributed by atoms with Gasteiger partial charge in [-0.05, 0) is 5.56 Å². The monoisotopic (exact) mass is 179 g/mol. The first-order chi connectivity index (χ1) is 6.33. The van der Waals surface area contributed by atoms with Gasteiger partial charge in [0.15, 0.2) is 0 Å². The number of guanidine groups is 1. The molecule has 1 aromatic carbocycles. The second-order valence-corrected chi connectivity index (χ2v) is 2.49. The van der Waals surface area contributed by atoms with Crippen LogP contribution in [0, 0.1) is 0 Å². The van der Waals surface area contributed by atoms with Crippen LogP contribution < -0.4 is 11.2 Å². The molecular weight excluding hydrogens is 166 g/mol. The Labute approximate surface area is 77.4 Å². The first-order valence-electron chi connectivity index (χ1n) is 3.96. The van der Waals surface area contributed by atoms with Crippen molar-refractivity contribution in [2.24, 2.45) is 10.7 Å². The second-order valence-electron chi connectivity index (χ2n) is 2.49. The molecule has 0 fully saturated rings. The number of nitrogens with two attached hydrogens (primary N) is 1. The smallest absolute Gasteiger partial charge is 0.213 e. The van der Waals surface area contributed by atoms with E-state index >= 15 is 0 Å². The van der Waals surface area contributed by atoms with Crippen molar-refractivity contribution in [2.45, 2.75) is 6.54 Å². The lowest BCUT2D eigenvalue weighted by Crippen LogP contribution is -2.30. The Hall–Kier alpha value is -1.55. The Morgan fingerprint density at radius 3 is 2.77 bits per heavy atom. The molecule has 70 valence electrons. The fraction of sp³-hybridized carbons (Fsp3) is 0.222. The summed E-state index contributed by atoms with van der Waals surface area (Å²) in [5.74, 6) is 0.284. The topological polar surface area (TPSA) is 59.6 Å². The van der Waals surface area contributed by atoms with E-state index < -0.39 is 0 Å². The minimum Gasteiger partial charge on any atom is -0.368 e. The van der Waals surface area contributed by atoms with Gasteiger partial charge in [0.2, 0.25) is 5.96 Å². The van der Waals surface area contributed by atoms with E-state index in [4.69, 9.17) is 5.73 Å². The van der Waals surface area contributed by atoms with Crippen LogP contribution in [0.4, 0.5) is 0 Å². The summed E-state index contributed by atoms with van der Waals surface area (Å²) in [6, 6.07) is 9.87. The zero-order valence-electron chi connectivity index (χ0n) is 7.53. The minimum absolute atomic E-state index is 0.284. The number of hydroxylamine groups is 1. The Morgan fingerprint density at radius 2 is 2.15 bits per heavy atom. The summed E-state index contributed by atoms with van der Waals surface area (Å²) in [7, 11) is 1.49. The van der Waals surface area contributed by atoms with E-state index in [1.165, 1.54) is 7.11 Å². The molecule has 0 saturated heterocycles. The molecule has 1 aromatic rings. The van der Waals surface area contributed by atoms with Crippen molar-refractivity contribution in [1.29, 1.82) is 0 Å². The molecule has 0 amide bonds. The predicted molar refractivity (Wildman–Crippen MR) is 51.9 cm³/mol. The number of rotatable bonds is 3. The van der Waals surface area contributed by atoms with Gasteiger partial charge in [0.25, 0.3) is 0 Å². The molecule has 0 bridgehead atoms. The van der Waals surface area contributed by atoms with Crippen LogP contribution in [0.15, 0.2) is 35.3 Å². The van der Waals surface area contributed by atoms with E-state index in [2.05, 4.69) is 15.3 Å². The molecule has 0 aromatic heterocycles. The zero-order chi connectivity index (χ0) is 9.52. The van der Waals surface area contributed by atoms with Crippen LogP contribution >= 0.6 is 0 Å². The molecule has 4 nitrogen and oxygen atoms in total. The third-order valence-electron chi connectivity index (χ3n) is 1.48. The van der Waals surface area contributed by atoms with E-state index in [1.54, 1.807) is 0 Å². The molecule has 0 aliphatic rings. The van der Waals surface area contributed by atoms with Crippen molar-refractivity contribution in [3.05, 3.63) is 35.9 Å². The summed E-state index contributed by atoms with van der Waals surface area (Å²) in [4.78, 5) is 8.63. The van der Waals surface area contributed by atoms with Crippen LogP contribution in [0.1, 0.15) is 5.56 Å². The van der Waals surface area contributed by atoms with Crippen LogP contribution in [0.5, 0.6) is 0 Å². The number of benzene rings is 1. The lowest BCUT2D eigenvalue weighted by Gasteiger charge is -2.01. The third-order valence-corrected chi connectivity index (χ3v) is 1.48. The van der Waals surface area contributed by atoms with E-state index in [1.807, 2.05) is 30.3 Å². The van der Waals surface area contributed by atoms with Gasteiger partial charge >= 0.3 is 0 Å². The predicted octanol–water partition coefficient (Wildman–Crippen LogP) is 0.652. The summed E-state index contributed by atoms with van der Waals surface area (Å²) in [6.07, 6.45) is 0. The van der Waals surface area contributed by atoms with Crippen molar-refractivity contribution in [3.63, 3.8) is 0 Å². The first kappa shape index (κ1) is 9.54. The quantitative estimate of drug-likeness (QED) is 0.407. The molecule has 0 aliphatic heterocycles. The van der Waals surface area contributed by atoms with Gasteiger partial charge in [-0.1, -0.05) is 30.3 Å². The fourth-order valence-electron chi connectivity index (χ4n) is 0.897. The molecule has 0 radical (unpaired) electrons. The molecule has 0 aliphatic carbocycles. The highest BCUT2D eigenvalue weighted by Gasteiger charge is 1.90. The van der Waals surface area contributed by atoms with E-state index in [0.29, 0.717) is 6.54 Å². The molecule has 0 unspecified atom stereocenters. The van der Waals surface area contributed by atoms with Gasteiger partial charge in [-0.25, -0.2) is 10.5 Å². The Kier molecular flexibility index (Phi) is 3.78. The number of hydrogen-bond donors (Lipinski definition) is 2. The van der Waals surface area contributed by atoms with E-state index in [-0.39, 0.29) is 5.96 Å². The van der Waals surface area contributed by atoms with Crippen molar-refractivity contribution in [1.82, 2.24) is 5.48 Å². The molecule has 0 spiro atoms. The highest BCUT2D eigenvalue weighted by atomic mass is 16.6. The lowest BCUT2D eigenvalue weighted by atomic mass is 10.2. The molecular formula is C9H13N3O. The molecule has 1 rings (SSSR count). The molecule has 13 heavy (non-hydrogen) atoms. The maximum absolute atomic E-state index is 5.45. The van der Waals surface area contributed by atoms with Crippen molar-refractivity contribution in [3.8, 4) is 0 Å². The summed E-state index contributed by atoms with van der Waals surface area (Å²) in [5, 5.41) is 0. The van der Waals surface area contributed by atoms with Gasteiger partial charge in [-0.2, -0.15) is 0 Å². The molecule has 3 N–H and O–H groups in total. The van der Waals surface area contributed by atoms with Crippen LogP contribution in [0.25, 0.3) is 0 Å². The first-order valence-corrected chi connectivity index (χ1v) is 3.96. The second kappa shape index (κ2) is 5.16. The molecule has 0 saturated carbocycles. The van der Waals surface area contributed by atoms with Crippen molar-refractivity contribution in [2.75, 3.05) is 7.11 Å². The van der Waals surface area contributed by atoms with Gasteiger partial charge in [-0.3, -0.25) is 4.84 Å². The zero-order valence-corrected chi connectivity index (χ0v) is 7.53. The van der Waals surface area contributed by atoms with Crippen LogP contribution in [-0.4, -0.2) is 13.1 Å². The van der Waals surface area contributed by atoms with Crippen molar-refractivity contribution >= 4 is 5.96 Å². The van der Waals surface area contributed by atoms with Crippen LogP contribution in [0.3, 0.4) is 0 Å². The molecule has 0 heterocycles. The van der Waals surface area contributed by atoms with Gasteiger partial charge in [0.1, 0.15) is 0 Å². The average Bonchev–Trinajstić information content (AvgIpc) is 2.17. The highest BCUT2D eigenvalue weighted by molar-refractivity contribution is 5.76. The Balaban J connectivity index is 2.47. The molecule has 0 atom stereocenters. The van der Waals surface area contributed by atoms with Gasteiger partial charge in [0, 0.05) is 0 Å². The highest BCUT2D eigenvalue weighted by Crippen LogP contribution is 1.99. The summed E-state index contributed by atoms with van der Waals surface area (Å²) < 4.78 is 0. The molecule has 4 heteroatoms. The maximum atomic E-state index is 5.45. The van der Waals surface area contributed by atoms with Gasteiger partial charge in [0.05, 0.1) is 13.7 Å². The number of hydrogen-bond acceptors (Lipinski definition) is 2. The normalized spacial score (nSPS) is 11.3. The van der Waals surface area contributed by atoms with Crippen LogP contribution in [-0.2, 0) is 11.4 Å². The third kappa shape index (κ3) is 3.57.